The van der Waals surface area contributed by atoms with Crippen LogP contribution in [0.1, 0.15) is 0 Å². The summed E-state index contributed by atoms with van der Waals surface area (Å²) < 4.78 is 0. The fraction of sp³-hybridized carbons (Fsp3) is 0.273. The van der Waals surface area contributed by atoms with Crippen molar-refractivity contribution in [3.8, 4) is 0 Å². The molecule has 0 atom stereocenters. The smallest absolute Gasteiger partial charge is 0.156 e. The Labute approximate surface area is 87.7 Å². The summed E-state index contributed by atoms with van der Waals surface area (Å²) in [5.74, 6) is 0.889. The number of fused-ring (bicyclic) bond motifs is 1. The van der Waals surface area contributed by atoms with Crippen LogP contribution in [-0.4, -0.2) is 29.3 Å². The molecule has 0 radical (unpaired) electrons. The van der Waals surface area contributed by atoms with Gasteiger partial charge in [-0.1, -0.05) is 24.3 Å². The lowest BCUT2D eigenvalue weighted by Gasteiger charge is -2.28. The molecular formula is C11H12N4. The minimum Gasteiger partial charge on any atom is -0.363 e. The molecule has 1 fully saturated rings. The molecular weight excluding hydrogens is 188 g/mol. The highest BCUT2D eigenvalue weighted by Gasteiger charge is 2.17. The van der Waals surface area contributed by atoms with Crippen LogP contribution >= 0.6 is 0 Å². The number of rotatable bonds is 2. The van der Waals surface area contributed by atoms with Crippen molar-refractivity contribution in [3.05, 3.63) is 30.5 Å². The molecule has 2 aromatic rings. The Bertz CT molecular complexity index is 473. The molecule has 1 aromatic heterocycles. The summed E-state index contributed by atoms with van der Waals surface area (Å²) in [6.45, 7) is 2.01. The van der Waals surface area contributed by atoms with Gasteiger partial charge in [-0.05, 0) is 0 Å². The van der Waals surface area contributed by atoms with Crippen molar-refractivity contribution < 1.29 is 0 Å². The van der Waals surface area contributed by atoms with Crippen LogP contribution in [0.4, 0.5) is 5.82 Å². The molecule has 0 spiro atoms. The number of nitrogens with zero attached hydrogens (tertiary/aromatic N) is 2. The second-order valence-electron chi connectivity index (χ2n) is 3.78. The van der Waals surface area contributed by atoms with Gasteiger partial charge >= 0.3 is 0 Å². The highest BCUT2D eigenvalue weighted by Crippen LogP contribution is 2.20. The summed E-state index contributed by atoms with van der Waals surface area (Å²) in [6.07, 6.45) is 1.79. The first-order chi connectivity index (χ1) is 7.43. The van der Waals surface area contributed by atoms with E-state index >= 15 is 0 Å². The van der Waals surface area contributed by atoms with Crippen LogP contribution < -0.4 is 10.6 Å². The van der Waals surface area contributed by atoms with E-state index in [-0.39, 0.29) is 0 Å². The molecule has 76 valence electrons. The number of benzene rings is 1. The van der Waals surface area contributed by atoms with Gasteiger partial charge < -0.3 is 10.6 Å². The van der Waals surface area contributed by atoms with Crippen LogP contribution in [0.15, 0.2) is 30.5 Å². The third-order valence-electron chi connectivity index (χ3n) is 2.69. The number of hydrogen-bond donors (Lipinski definition) is 2. The normalized spacial score (nSPS) is 16.3. The van der Waals surface area contributed by atoms with Crippen molar-refractivity contribution in [2.45, 2.75) is 6.04 Å². The van der Waals surface area contributed by atoms with Crippen LogP contribution in [0.3, 0.4) is 0 Å². The second-order valence-corrected chi connectivity index (χ2v) is 3.78. The molecule has 0 unspecified atom stereocenters. The first-order valence-corrected chi connectivity index (χ1v) is 5.11. The summed E-state index contributed by atoms with van der Waals surface area (Å²) >= 11 is 0. The van der Waals surface area contributed by atoms with Gasteiger partial charge in [0.2, 0.25) is 0 Å². The van der Waals surface area contributed by atoms with Gasteiger partial charge in [-0.25, -0.2) is 0 Å². The Hall–Kier alpha value is -1.68. The first kappa shape index (κ1) is 8.61. The van der Waals surface area contributed by atoms with Crippen molar-refractivity contribution in [1.82, 2.24) is 15.5 Å². The summed E-state index contributed by atoms with van der Waals surface area (Å²) in [6, 6.07) is 8.64. The van der Waals surface area contributed by atoms with Crippen molar-refractivity contribution in [2.75, 3.05) is 18.4 Å². The third kappa shape index (κ3) is 1.53. The van der Waals surface area contributed by atoms with Crippen molar-refractivity contribution >= 4 is 16.6 Å². The molecule has 3 rings (SSSR count). The van der Waals surface area contributed by atoms with Crippen molar-refractivity contribution in [1.29, 1.82) is 0 Å². The zero-order valence-electron chi connectivity index (χ0n) is 8.27. The summed E-state index contributed by atoms with van der Waals surface area (Å²) in [5, 5.41) is 17.0. The fourth-order valence-electron chi connectivity index (χ4n) is 1.72. The van der Waals surface area contributed by atoms with E-state index in [2.05, 4.69) is 26.9 Å². The van der Waals surface area contributed by atoms with Crippen LogP contribution in [0.5, 0.6) is 0 Å². The minimum atomic E-state index is 0.491. The summed E-state index contributed by atoms with van der Waals surface area (Å²) in [5.41, 5.74) is 0. The summed E-state index contributed by atoms with van der Waals surface area (Å²) in [4.78, 5) is 0. The topological polar surface area (TPSA) is 49.8 Å². The van der Waals surface area contributed by atoms with E-state index in [9.17, 15) is 0 Å². The van der Waals surface area contributed by atoms with E-state index in [4.69, 9.17) is 0 Å². The van der Waals surface area contributed by atoms with E-state index in [0.29, 0.717) is 6.04 Å². The maximum atomic E-state index is 4.14. The van der Waals surface area contributed by atoms with Gasteiger partial charge in [0, 0.05) is 23.9 Å². The molecule has 4 nitrogen and oxygen atoms in total. The monoisotopic (exact) mass is 200 g/mol. The van der Waals surface area contributed by atoms with E-state index < -0.39 is 0 Å². The summed E-state index contributed by atoms with van der Waals surface area (Å²) in [7, 11) is 0. The lowest BCUT2D eigenvalue weighted by Crippen LogP contribution is -2.51. The lowest BCUT2D eigenvalue weighted by molar-refractivity contribution is 0.471. The van der Waals surface area contributed by atoms with E-state index in [1.54, 1.807) is 6.20 Å². The fourth-order valence-corrected chi connectivity index (χ4v) is 1.72. The third-order valence-corrected chi connectivity index (χ3v) is 2.69. The molecule has 2 heterocycles. The molecule has 0 bridgehead atoms. The quantitative estimate of drug-likeness (QED) is 0.759. The predicted molar refractivity (Wildman–Crippen MR) is 59.8 cm³/mol. The highest BCUT2D eigenvalue weighted by atomic mass is 15.2. The first-order valence-electron chi connectivity index (χ1n) is 5.11. The Balaban J connectivity index is 2.01. The minimum absolute atomic E-state index is 0.491. The van der Waals surface area contributed by atoms with Crippen LogP contribution in [0.25, 0.3) is 10.8 Å². The largest absolute Gasteiger partial charge is 0.363 e. The van der Waals surface area contributed by atoms with Gasteiger partial charge in [-0.15, -0.1) is 5.10 Å². The SMILES string of the molecule is c1ccc2c(NC3CNC3)nncc2c1. The van der Waals surface area contributed by atoms with E-state index in [1.807, 2.05) is 18.2 Å². The Morgan fingerprint density at radius 3 is 2.93 bits per heavy atom. The second kappa shape index (κ2) is 3.47. The predicted octanol–water partition coefficient (Wildman–Crippen LogP) is 1.01. The Morgan fingerprint density at radius 1 is 1.27 bits per heavy atom. The zero-order chi connectivity index (χ0) is 10.1. The van der Waals surface area contributed by atoms with Gasteiger partial charge in [0.05, 0.1) is 12.2 Å². The lowest BCUT2D eigenvalue weighted by atomic mass is 10.1. The zero-order valence-corrected chi connectivity index (χ0v) is 8.27. The maximum Gasteiger partial charge on any atom is 0.156 e. The molecule has 0 amide bonds. The number of anilines is 1. The Morgan fingerprint density at radius 2 is 2.13 bits per heavy atom. The number of nitrogens with one attached hydrogen (secondary N) is 2. The molecule has 1 aliphatic heterocycles. The van der Waals surface area contributed by atoms with Crippen molar-refractivity contribution in [2.24, 2.45) is 0 Å². The van der Waals surface area contributed by atoms with Gasteiger partial charge in [-0.2, -0.15) is 5.10 Å². The van der Waals surface area contributed by atoms with Gasteiger partial charge in [0.1, 0.15) is 0 Å². The maximum absolute atomic E-state index is 4.14. The molecule has 1 aromatic carbocycles. The number of hydrogen-bond acceptors (Lipinski definition) is 4. The van der Waals surface area contributed by atoms with E-state index in [1.165, 1.54) is 0 Å². The molecule has 2 N–H and O–H groups in total. The van der Waals surface area contributed by atoms with Crippen LogP contribution in [0, 0.1) is 0 Å². The highest BCUT2D eigenvalue weighted by molar-refractivity contribution is 5.90. The standard InChI is InChI=1S/C11H12N4/c1-2-4-10-8(3-1)5-13-15-11(10)14-9-6-12-7-9/h1-5,9,12H,6-7H2,(H,14,15). The van der Waals surface area contributed by atoms with Crippen molar-refractivity contribution in [3.63, 3.8) is 0 Å². The van der Waals surface area contributed by atoms with Crippen LogP contribution in [0.2, 0.25) is 0 Å². The van der Waals surface area contributed by atoms with E-state index in [0.717, 1.165) is 29.7 Å². The van der Waals surface area contributed by atoms with Gasteiger partial charge in [0.25, 0.3) is 0 Å². The Kier molecular flexibility index (Phi) is 1.99. The average Bonchev–Trinajstić information content (AvgIpc) is 2.23. The average molecular weight is 200 g/mol. The molecule has 1 aliphatic rings. The molecule has 1 saturated heterocycles. The van der Waals surface area contributed by atoms with Gasteiger partial charge in [0.15, 0.2) is 5.82 Å². The molecule has 4 heteroatoms. The molecule has 0 saturated carbocycles. The molecule has 0 aliphatic carbocycles. The van der Waals surface area contributed by atoms with Crippen LogP contribution in [-0.2, 0) is 0 Å². The number of aromatic nitrogens is 2. The van der Waals surface area contributed by atoms with Gasteiger partial charge in [-0.3, -0.25) is 0 Å². The molecule has 15 heavy (non-hydrogen) atoms.